The maximum Gasteiger partial charge on any atom is 0.241 e. The molecule has 7 heteroatoms. The van der Waals surface area contributed by atoms with E-state index in [0.29, 0.717) is 12.5 Å². The van der Waals surface area contributed by atoms with Gasteiger partial charge in [0.2, 0.25) is 12.7 Å². The van der Waals surface area contributed by atoms with Crippen LogP contribution in [-0.4, -0.2) is 50.7 Å². The quantitative estimate of drug-likeness (QED) is 0.447. The van der Waals surface area contributed by atoms with Crippen molar-refractivity contribution in [3.05, 3.63) is 23.8 Å². The van der Waals surface area contributed by atoms with Crippen LogP contribution in [0.2, 0.25) is 0 Å². The Morgan fingerprint density at radius 2 is 2.04 bits per heavy atom. The Balaban J connectivity index is 1.96. The number of fused-ring (bicyclic) bond motifs is 1. The lowest BCUT2D eigenvalue weighted by Crippen LogP contribution is -2.43. The van der Waals surface area contributed by atoms with Gasteiger partial charge in [-0.2, -0.15) is 0 Å². The van der Waals surface area contributed by atoms with Crippen molar-refractivity contribution in [1.29, 1.82) is 0 Å². The average molecular weight is 334 g/mol. The van der Waals surface area contributed by atoms with E-state index in [0.717, 1.165) is 36.4 Å². The van der Waals surface area contributed by atoms with Gasteiger partial charge in [-0.05, 0) is 24.1 Å². The number of benzene rings is 1. The molecule has 1 aliphatic rings. The maximum absolute atomic E-state index is 11.7. The number of ether oxygens (including phenoxy) is 2. The molecule has 0 saturated carbocycles. The lowest BCUT2D eigenvalue weighted by Gasteiger charge is -2.15. The van der Waals surface area contributed by atoms with E-state index in [1.54, 1.807) is 19.0 Å². The molecule has 0 bridgehead atoms. The second-order valence-electron chi connectivity index (χ2n) is 5.77. The van der Waals surface area contributed by atoms with Crippen LogP contribution in [0, 0.1) is 0 Å². The van der Waals surface area contributed by atoms with Crippen molar-refractivity contribution < 1.29 is 14.3 Å². The molecule has 1 aromatic rings. The first-order chi connectivity index (χ1) is 11.6. The summed E-state index contributed by atoms with van der Waals surface area (Å²) in [4.78, 5) is 17.8. The highest BCUT2D eigenvalue weighted by Crippen LogP contribution is 2.32. The average Bonchev–Trinajstić information content (AvgIpc) is 3.04. The van der Waals surface area contributed by atoms with Crippen molar-refractivity contribution in [2.24, 2.45) is 4.99 Å². The molecule has 7 nitrogen and oxygen atoms in total. The molecule has 0 saturated heterocycles. The van der Waals surface area contributed by atoms with Gasteiger partial charge in [-0.1, -0.05) is 19.4 Å². The molecule has 1 heterocycles. The van der Waals surface area contributed by atoms with E-state index < -0.39 is 0 Å². The van der Waals surface area contributed by atoms with Crippen molar-refractivity contribution in [2.45, 2.75) is 26.3 Å². The number of guanidine groups is 1. The smallest absolute Gasteiger partial charge is 0.241 e. The zero-order chi connectivity index (χ0) is 17.4. The molecule has 0 spiro atoms. The second-order valence-corrected chi connectivity index (χ2v) is 5.77. The van der Waals surface area contributed by atoms with E-state index in [-0.39, 0.29) is 19.2 Å². The molecular weight excluding hydrogens is 308 g/mol. The first-order valence-corrected chi connectivity index (χ1v) is 8.21. The number of amides is 1. The summed E-state index contributed by atoms with van der Waals surface area (Å²) in [6, 6.07) is 5.78. The van der Waals surface area contributed by atoms with Crippen molar-refractivity contribution in [1.82, 2.24) is 15.5 Å². The van der Waals surface area contributed by atoms with E-state index >= 15 is 0 Å². The van der Waals surface area contributed by atoms with Crippen molar-refractivity contribution in [3.8, 4) is 11.5 Å². The summed E-state index contributed by atoms with van der Waals surface area (Å²) in [5.41, 5.74) is 1.02. The van der Waals surface area contributed by atoms with Gasteiger partial charge in [0.15, 0.2) is 17.5 Å². The minimum atomic E-state index is 0.00284. The van der Waals surface area contributed by atoms with E-state index in [2.05, 4.69) is 22.5 Å². The second kappa shape index (κ2) is 9.00. The number of carbonyl (C=O) groups is 1. The summed E-state index contributed by atoms with van der Waals surface area (Å²) in [5, 5.41) is 6.32. The summed E-state index contributed by atoms with van der Waals surface area (Å²) in [7, 11) is 3.47. The zero-order valence-electron chi connectivity index (χ0n) is 14.6. The summed E-state index contributed by atoms with van der Waals surface area (Å²) in [6.07, 6.45) is 2.14. The molecule has 0 unspecified atom stereocenters. The van der Waals surface area contributed by atoms with Crippen LogP contribution in [0.25, 0.3) is 0 Å². The Labute approximate surface area is 143 Å². The summed E-state index contributed by atoms with van der Waals surface area (Å²) in [5.74, 6) is 2.15. The third-order valence-electron chi connectivity index (χ3n) is 3.59. The first-order valence-electron chi connectivity index (χ1n) is 8.21. The van der Waals surface area contributed by atoms with Crippen LogP contribution >= 0.6 is 0 Å². The number of rotatable bonds is 7. The predicted octanol–water partition coefficient (Wildman–Crippen LogP) is 1.34. The van der Waals surface area contributed by atoms with Gasteiger partial charge in [0.25, 0.3) is 0 Å². The van der Waals surface area contributed by atoms with E-state index in [1.165, 1.54) is 0 Å². The van der Waals surface area contributed by atoms with Gasteiger partial charge in [-0.25, -0.2) is 4.99 Å². The molecule has 1 aromatic carbocycles. The first kappa shape index (κ1) is 17.9. The Kier molecular flexibility index (Phi) is 6.72. The van der Waals surface area contributed by atoms with Gasteiger partial charge >= 0.3 is 0 Å². The number of nitrogens with one attached hydrogen (secondary N) is 2. The summed E-state index contributed by atoms with van der Waals surface area (Å²) < 4.78 is 10.7. The highest BCUT2D eigenvalue weighted by atomic mass is 16.7. The molecule has 0 radical (unpaired) electrons. The molecule has 0 aromatic heterocycles. The van der Waals surface area contributed by atoms with Crippen LogP contribution in [0.15, 0.2) is 23.2 Å². The van der Waals surface area contributed by atoms with Crippen LogP contribution in [0.5, 0.6) is 11.5 Å². The summed E-state index contributed by atoms with van der Waals surface area (Å²) in [6.45, 7) is 3.92. The van der Waals surface area contributed by atoms with Gasteiger partial charge in [-0.3, -0.25) is 4.79 Å². The highest BCUT2D eigenvalue weighted by Gasteiger charge is 2.13. The molecule has 2 N–H and O–H groups in total. The molecule has 2 rings (SSSR count). The lowest BCUT2D eigenvalue weighted by molar-refractivity contribution is -0.127. The highest BCUT2D eigenvalue weighted by molar-refractivity contribution is 5.86. The van der Waals surface area contributed by atoms with Gasteiger partial charge in [0.1, 0.15) is 0 Å². The normalized spacial score (nSPS) is 12.9. The van der Waals surface area contributed by atoms with Gasteiger partial charge in [0, 0.05) is 20.6 Å². The van der Waals surface area contributed by atoms with Crippen LogP contribution in [-0.2, 0) is 11.3 Å². The maximum atomic E-state index is 11.7. The molecule has 1 aliphatic heterocycles. The largest absolute Gasteiger partial charge is 0.454 e. The third-order valence-corrected chi connectivity index (χ3v) is 3.59. The number of aliphatic imine (C=N–C) groups is 1. The topological polar surface area (TPSA) is 75.2 Å². The Bertz CT molecular complexity index is 587. The SMILES string of the molecule is CCCCNC(=NCc1ccc2c(c1)OCO2)NCC(=O)N(C)C. The predicted molar refractivity (Wildman–Crippen MR) is 93.3 cm³/mol. The minimum absolute atomic E-state index is 0.00284. The number of carbonyl (C=O) groups excluding carboxylic acids is 1. The fraction of sp³-hybridized carbons (Fsp3) is 0.529. The van der Waals surface area contributed by atoms with Crippen molar-refractivity contribution in [2.75, 3.05) is 34.0 Å². The van der Waals surface area contributed by atoms with Gasteiger partial charge < -0.3 is 25.0 Å². The number of likely N-dealkylation sites (N-methyl/N-ethyl adjacent to an activating group) is 1. The molecular formula is C17H26N4O3. The number of unbranched alkanes of at least 4 members (excludes halogenated alkanes) is 1. The van der Waals surface area contributed by atoms with Crippen LogP contribution in [0.4, 0.5) is 0 Å². The van der Waals surface area contributed by atoms with Crippen molar-refractivity contribution in [3.63, 3.8) is 0 Å². The number of hydrogen-bond acceptors (Lipinski definition) is 4. The van der Waals surface area contributed by atoms with Crippen LogP contribution in [0.1, 0.15) is 25.3 Å². The van der Waals surface area contributed by atoms with Gasteiger partial charge in [-0.15, -0.1) is 0 Å². The molecule has 0 atom stereocenters. The number of hydrogen-bond donors (Lipinski definition) is 2. The van der Waals surface area contributed by atoms with E-state index in [4.69, 9.17) is 9.47 Å². The minimum Gasteiger partial charge on any atom is -0.454 e. The van der Waals surface area contributed by atoms with E-state index in [9.17, 15) is 4.79 Å². The Morgan fingerprint density at radius 3 is 2.79 bits per heavy atom. The van der Waals surface area contributed by atoms with Gasteiger partial charge in [0.05, 0.1) is 13.1 Å². The molecule has 24 heavy (non-hydrogen) atoms. The lowest BCUT2D eigenvalue weighted by atomic mass is 10.2. The van der Waals surface area contributed by atoms with Crippen LogP contribution < -0.4 is 20.1 Å². The fourth-order valence-corrected chi connectivity index (χ4v) is 2.08. The molecule has 0 aliphatic carbocycles. The number of nitrogens with zero attached hydrogens (tertiary/aromatic N) is 2. The molecule has 0 fully saturated rings. The van der Waals surface area contributed by atoms with E-state index in [1.807, 2.05) is 18.2 Å². The molecule has 1 amide bonds. The van der Waals surface area contributed by atoms with Crippen molar-refractivity contribution >= 4 is 11.9 Å². The zero-order valence-corrected chi connectivity index (χ0v) is 14.6. The summed E-state index contributed by atoms with van der Waals surface area (Å²) >= 11 is 0. The molecule has 132 valence electrons. The van der Waals surface area contributed by atoms with Crippen LogP contribution in [0.3, 0.4) is 0 Å². The monoisotopic (exact) mass is 334 g/mol. The third kappa shape index (κ3) is 5.33. The Hall–Kier alpha value is -2.44. The standard InChI is InChI=1S/C17H26N4O3/c1-4-5-8-18-17(20-11-16(22)21(2)3)19-10-13-6-7-14-15(9-13)24-12-23-14/h6-7,9H,4-5,8,10-12H2,1-3H3,(H2,18,19,20). The fourth-order valence-electron chi connectivity index (χ4n) is 2.08. The Morgan fingerprint density at radius 1 is 1.25 bits per heavy atom.